The number of aryl methyl sites for hydroxylation is 1. The van der Waals surface area contributed by atoms with Gasteiger partial charge in [-0.25, -0.2) is 4.98 Å². The van der Waals surface area contributed by atoms with Gasteiger partial charge in [-0.3, -0.25) is 4.90 Å². The molecule has 0 radical (unpaired) electrons. The van der Waals surface area contributed by atoms with Crippen LogP contribution in [0.4, 0.5) is 0 Å². The van der Waals surface area contributed by atoms with Crippen LogP contribution in [0.2, 0.25) is 0 Å². The molecule has 0 saturated heterocycles. The molecular weight excluding hydrogens is 312 g/mol. The average Bonchev–Trinajstić information content (AvgIpc) is 3.28. The molecule has 0 spiro atoms. The van der Waals surface area contributed by atoms with Gasteiger partial charge in [0.1, 0.15) is 12.0 Å². The number of nitrogens with zero attached hydrogens (tertiary/aromatic N) is 2. The molecule has 0 saturated carbocycles. The second-order valence-corrected chi connectivity index (χ2v) is 6.54. The fourth-order valence-electron chi connectivity index (χ4n) is 3.60. The summed E-state index contributed by atoms with van der Waals surface area (Å²) in [4.78, 5) is 7.02. The molecule has 1 aromatic heterocycles. The highest BCUT2D eigenvalue weighted by Gasteiger charge is 2.25. The van der Waals surface area contributed by atoms with Crippen LogP contribution in [0.25, 0.3) is 11.5 Å². The molecule has 4 rings (SSSR count). The van der Waals surface area contributed by atoms with Crippen molar-refractivity contribution in [3.8, 4) is 17.2 Å². The molecule has 0 unspecified atom stereocenters. The van der Waals surface area contributed by atoms with Gasteiger partial charge in [-0.05, 0) is 55.3 Å². The van der Waals surface area contributed by atoms with Gasteiger partial charge in [-0.15, -0.1) is 0 Å². The van der Waals surface area contributed by atoms with Gasteiger partial charge in [0.05, 0.1) is 12.8 Å². The summed E-state index contributed by atoms with van der Waals surface area (Å²) in [5.74, 6) is 1.48. The number of hydrogen-bond donors (Lipinski definition) is 0. The van der Waals surface area contributed by atoms with E-state index in [-0.39, 0.29) is 0 Å². The van der Waals surface area contributed by atoms with Crippen molar-refractivity contribution in [2.24, 2.45) is 0 Å². The van der Waals surface area contributed by atoms with Crippen LogP contribution in [0, 0.1) is 0 Å². The third-order valence-electron chi connectivity index (χ3n) is 4.93. The van der Waals surface area contributed by atoms with Crippen molar-refractivity contribution in [3.05, 3.63) is 71.6 Å². The number of oxazole rings is 1. The minimum absolute atomic E-state index is 0.456. The Labute approximate surface area is 148 Å². The quantitative estimate of drug-likeness (QED) is 0.690. The molecule has 0 N–H and O–H groups in total. The second kappa shape index (κ2) is 6.73. The summed E-state index contributed by atoms with van der Waals surface area (Å²) >= 11 is 0. The number of aromatic nitrogens is 1. The lowest BCUT2D eigenvalue weighted by Gasteiger charge is -2.24. The Hall–Kier alpha value is -2.59. The molecule has 1 atom stereocenters. The molecule has 1 aliphatic carbocycles. The Balaban J connectivity index is 1.47. The highest BCUT2D eigenvalue weighted by atomic mass is 16.5. The average molecular weight is 334 g/mol. The predicted molar refractivity (Wildman–Crippen MR) is 97.5 cm³/mol. The van der Waals surface area contributed by atoms with Gasteiger partial charge in [0.25, 0.3) is 0 Å². The highest BCUT2D eigenvalue weighted by Crippen LogP contribution is 2.35. The number of ether oxygens (including phenoxy) is 1. The lowest BCUT2D eigenvalue weighted by Crippen LogP contribution is -2.22. The molecule has 128 valence electrons. The molecule has 1 heterocycles. The number of methoxy groups -OCH3 is 1. The maximum atomic E-state index is 5.68. The Morgan fingerprint density at radius 2 is 1.96 bits per heavy atom. The number of fused-ring (bicyclic) bond motifs is 1. The SMILES string of the molecule is COc1ccc(-c2nc(CN(C)[C@H]3CCc4ccccc43)co2)cc1. The molecule has 0 bridgehead atoms. The Morgan fingerprint density at radius 1 is 1.16 bits per heavy atom. The van der Waals surface area contributed by atoms with E-state index >= 15 is 0 Å². The number of benzene rings is 2. The molecule has 2 aromatic carbocycles. The van der Waals surface area contributed by atoms with E-state index in [4.69, 9.17) is 9.15 Å². The van der Waals surface area contributed by atoms with Gasteiger partial charge < -0.3 is 9.15 Å². The standard InChI is InChI=1S/C21H22N2O2/c1-23(20-12-9-15-5-3-4-6-19(15)20)13-17-14-25-21(22-17)16-7-10-18(24-2)11-8-16/h3-8,10-11,14,20H,9,12-13H2,1-2H3/t20-/m0/s1. The van der Waals surface area contributed by atoms with Crippen LogP contribution in [0.5, 0.6) is 5.75 Å². The van der Waals surface area contributed by atoms with E-state index in [0.29, 0.717) is 11.9 Å². The third-order valence-corrected chi connectivity index (χ3v) is 4.93. The number of hydrogen-bond acceptors (Lipinski definition) is 4. The van der Waals surface area contributed by atoms with Crippen LogP contribution in [0.15, 0.2) is 59.2 Å². The topological polar surface area (TPSA) is 38.5 Å². The molecule has 25 heavy (non-hydrogen) atoms. The highest BCUT2D eigenvalue weighted by molar-refractivity contribution is 5.54. The van der Waals surface area contributed by atoms with Crippen molar-refractivity contribution in [2.75, 3.05) is 14.2 Å². The first-order valence-corrected chi connectivity index (χ1v) is 8.61. The van der Waals surface area contributed by atoms with E-state index in [1.165, 1.54) is 17.5 Å². The largest absolute Gasteiger partial charge is 0.497 e. The first-order valence-electron chi connectivity index (χ1n) is 8.61. The van der Waals surface area contributed by atoms with Gasteiger partial charge in [-0.2, -0.15) is 0 Å². The van der Waals surface area contributed by atoms with Gasteiger partial charge in [-0.1, -0.05) is 24.3 Å². The molecule has 0 fully saturated rings. The van der Waals surface area contributed by atoms with Gasteiger partial charge in [0.2, 0.25) is 5.89 Å². The number of rotatable bonds is 5. The van der Waals surface area contributed by atoms with Crippen LogP contribution in [0.1, 0.15) is 29.3 Å². The zero-order valence-electron chi connectivity index (χ0n) is 14.6. The van der Waals surface area contributed by atoms with Gasteiger partial charge >= 0.3 is 0 Å². The van der Waals surface area contributed by atoms with Gasteiger partial charge in [0.15, 0.2) is 0 Å². The summed E-state index contributed by atoms with van der Waals surface area (Å²) in [6.07, 6.45) is 4.08. The van der Waals surface area contributed by atoms with Crippen molar-refractivity contribution in [1.29, 1.82) is 0 Å². The van der Waals surface area contributed by atoms with Crippen LogP contribution >= 0.6 is 0 Å². The molecule has 0 amide bonds. The normalized spacial score (nSPS) is 16.2. The fraction of sp³-hybridized carbons (Fsp3) is 0.286. The predicted octanol–water partition coefficient (Wildman–Crippen LogP) is 4.47. The lowest BCUT2D eigenvalue weighted by atomic mass is 10.1. The van der Waals surface area contributed by atoms with E-state index in [9.17, 15) is 0 Å². The van der Waals surface area contributed by atoms with E-state index in [1.54, 1.807) is 13.4 Å². The first kappa shape index (κ1) is 15.9. The lowest BCUT2D eigenvalue weighted by molar-refractivity contribution is 0.233. The van der Waals surface area contributed by atoms with Crippen molar-refractivity contribution >= 4 is 0 Å². The van der Waals surface area contributed by atoms with Crippen molar-refractivity contribution < 1.29 is 9.15 Å². The third kappa shape index (κ3) is 3.17. The monoisotopic (exact) mass is 334 g/mol. The van der Waals surface area contributed by atoms with Gasteiger partial charge in [0, 0.05) is 18.2 Å². The van der Waals surface area contributed by atoms with Crippen molar-refractivity contribution in [3.63, 3.8) is 0 Å². The Bertz CT molecular complexity index is 854. The summed E-state index contributed by atoms with van der Waals surface area (Å²) in [7, 11) is 3.82. The fourth-order valence-corrected chi connectivity index (χ4v) is 3.60. The van der Waals surface area contributed by atoms with Crippen LogP contribution in [-0.2, 0) is 13.0 Å². The molecule has 4 heteroatoms. The first-order chi connectivity index (χ1) is 12.2. The summed E-state index contributed by atoms with van der Waals surface area (Å²) in [6.45, 7) is 0.776. The van der Waals surface area contributed by atoms with E-state index < -0.39 is 0 Å². The Kier molecular flexibility index (Phi) is 4.28. The minimum Gasteiger partial charge on any atom is -0.497 e. The minimum atomic E-state index is 0.456. The summed E-state index contributed by atoms with van der Waals surface area (Å²) in [5, 5.41) is 0. The summed E-state index contributed by atoms with van der Waals surface area (Å²) in [6, 6.07) is 17.0. The Morgan fingerprint density at radius 3 is 2.76 bits per heavy atom. The molecule has 0 aliphatic heterocycles. The molecular formula is C21H22N2O2. The molecule has 1 aliphatic rings. The summed E-state index contributed by atoms with van der Waals surface area (Å²) in [5.41, 5.74) is 4.83. The van der Waals surface area contributed by atoms with Crippen molar-refractivity contribution in [2.45, 2.75) is 25.4 Å². The van der Waals surface area contributed by atoms with Crippen molar-refractivity contribution in [1.82, 2.24) is 9.88 Å². The van der Waals surface area contributed by atoms with E-state index in [1.807, 2.05) is 24.3 Å². The van der Waals surface area contributed by atoms with E-state index in [0.717, 1.165) is 30.0 Å². The molecule has 3 aromatic rings. The van der Waals surface area contributed by atoms with E-state index in [2.05, 4.69) is 41.2 Å². The van der Waals surface area contributed by atoms with Crippen LogP contribution in [0.3, 0.4) is 0 Å². The summed E-state index contributed by atoms with van der Waals surface area (Å²) < 4.78 is 10.9. The zero-order valence-corrected chi connectivity index (χ0v) is 14.6. The smallest absolute Gasteiger partial charge is 0.226 e. The zero-order chi connectivity index (χ0) is 17.2. The molecule has 4 nitrogen and oxygen atoms in total. The maximum absolute atomic E-state index is 5.68. The second-order valence-electron chi connectivity index (χ2n) is 6.54. The maximum Gasteiger partial charge on any atom is 0.226 e. The van der Waals surface area contributed by atoms with Crippen LogP contribution in [-0.4, -0.2) is 24.0 Å². The van der Waals surface area contributed by atoms with Crippen LogP contribution < -0.4 is 4.74 Å².